The van der Waals surface area contributed by atoms with Crippen molar-refractivity contribution < 1.29 is 14.3 Å². The Hall–Kier alpha value is -2.00. The Morgan fingerprint density at radius 1 is 1.26 bits per heavy atom. The number of anilines is 1. The highest BCUT2D eigenvalue weighted by atomic mass is 32.2. The number of hydrogen-bond donors (Lipinski definition) is 1. The van der Waals surface area contributed by atoms with Crippen LogP contribution in [-0.4, -0.2) is 53.1 Å². The minimum atomic E-state index is 0.0793. The second-order valence-corrected chi connectivity index (χ2v) is 8.17. The fourth-order valence-corrected chi connectivity index (χ4v) is 4.25. The highest BCUT2D eigenvalue weighted by Crippen LogP contribution is 2.31. The van der Waals surface area contributed by atoms with Crippen molar-refractivity contribution in [3.63, 3.8) is 0 Å². The fraction of sp³-hybridized carbons (Fsp3) is 0.500. The molecule has 2 aromatic rings. The van der Waals surface area contributed by atoms with Gasteiger partial charge in [-0.25, -0.2) is 0 Å². The Morgan fingerprint density at radius 3 is 2.85 bits per heavy atom. The molecule has 0 saturated carbocycles. The molecule has 0 atom stereocenters. The zero-order valence-corrected chi connectivity index (χ0v) is 17.2. The molecule has 0 saturated heterocycles. The third-order valence-electron chi connectivity index (χ3n) is 3.97. The van der Waals surface area contributed by atoms with Crippen LogP contribution in [0, 0.1) is 0 Å². The van der Waals surface area contributed by atoms with E-state index in [4.69, 9.17) is 9.47 Å². The average Bonchev–Trinajstić information content (AvgIpc) is 3.16. The third kappa shape index (κ3) is 5.49. The van der Waals surface area contributed by atoms with Gasteiger partial charge in [0.15, 0.2) is 15.8 Å². The Bertz CT molecular complexity index is 769. The van der Waals surface area contributed by atoms with Crippen LogP contribution < -0.4 is 14.8 Å². The van der Waals surface area contributed by atoms with E-state index in [1.165, 1.54) is 23.1 Å². The molecule has 146 valence electrons. The molecule has 0 fully saturated rings. The first-order valence-electron chi connectivity index (χ1n) is 9.06. The topological polar surface area (TPSA) is 76.6 Å². The van der Waals surface area contributed by atoms with E-state index >= 15 is 0 Å². The van der Waals surface area contributed by atoms with Crippen molar-refractivity contribution >= 4 is 34.1 Å². The molecule has 7 nitrogen and oxygen atoms in total. The molecule has 2 heterocycles. The molecule has 1 aromatic carbocycles. The molecule has 1 aromatic heterocycles. The first kappa shape index (κ1) is 19.8. The van der Waals surface area contributed by atoms with Gasteiger partial charge < -0.3 is 19.7 Å². The quantitative estimate of drug-likeness (QED) is 0.638. The SMILES string of the molecule is CCCNc1nnc(SCC(=O)N(CC)Cc2ccc3c(c2)OCCO3)s1. The summed E-state index contributed by atoms with van der Waals surface area (Å²) < 4.78 is 12.0. The second-order valence-electron chi connectivity index (χ2n) is 5.97. The molecule has 3 rings (SSSR count). The number of carbonyl (C=O) groups excluding carboxylic acids is 1. The van der Waals surface area contributed by atoms with E-state index in [0.717, 1.165) is 39.5 Å². The van der Waals surface area contributed by atoms with Crippen molar-refractivity contribution in [2.24, 2.45) is 0 Å². The van der Waals surface area contributed by atoms with Crippen LogP contribution in [0.2, 0.25) is 0 Å². The van der Waals surface area contributed by atoms with Crippen LogP contribution in [-0.2, 0) is 11.3 Å². The highest BCUT2D eigenvalue weighted by molar-refractivity contribution is 8.01. The number of benzene rings is 1. The highest BCUT2D eigenvalue weighted by Gasteiger charge is 2.17. The number of carbonyl (C=O) groups is 1. The van der Waals surface area contributed by atoms with Crippen molar-refractivity contribution in [1.82, 2.24) is 15.1 Å². The van der Waals surface area contributed by atoms with Crippen LogP contribution >= 0.6 is 23.1 Å². The average molecular weight is 409 g/mol. The lowest BCUT2D eigenvalue weighted by molar-refractivity contribution is -0.128. The second kappa shape index (κ2) is 9.80. The summed E-state index contributed by atoms with van der Waals surface area (Å²) in [7, 11) is 0. The largest absolute Gasteiger partial charge is 0.486 e. The molecule has 0 aliphatic carbocycles. The predicted molar refractivity (Wildman–Crippen MR) is 108 cm³/mol. The smallest absolute Gasteiger partial charge is 0.233 e. The van der Waals surface area contributed by atoms with Crippen molar-refractivity contribution in [3.8, 4) is 11.5 Å². The minimum absolute atomic E-state index is 0.0793. The number of ether oxygens (including phenoxy) is 2. The molecule has 1 amide bonds. The van der Waals surface area contributed by atoms with Crippen LogP contribution in [0.25, 0.3) is 0 Å². The van der Waals surface area contributed by atoms with Gasteiger partial charge in [-0.1, -0.05) is 36.1 Å². The maximum Gasteiger partial charge on any atom is 0.233 e. The van der Waals surface area contributed by atoms with E-state index in [1.54, 1.807) is 0 Å². The zero-order chi connectivity index (χ0) is 19.1. The van der Waals surface area contributed by atoms with Crippen LogP contribution in [0.5, 0.6) is 11.5 Å². The van der Waals surface area contributed by atoms with E-state index in [9.17, 15) is 4.79 Å². The minimum Gasteiger partial charge on any atom is -0.486 e. The van der Waals surface area contributed by atoms with E-state index in [0.29, 0.717) is 32.1 Å². The number of nitrogens with one attached hydrogen (secondary N) is 1. The van der Waals surface area contributed by atoms with Crippen LogP contribution in [0.1, 0.15) is 25.8 Å². The van der Waals surface area contributed by atoms with Gasteiger partial charge in [0.1, 0.15) is 13.2 Å². The van der Waals surface area contributed by atoms with Gasteiger partial charge in [-0.05, 0) is 31.0 Å². The number of amides is 1. The molecule has 1 aliphatic heterocycles. The molecule has 1 aliphatic rings. The lowest BCUT2D eigenvalue weighted by Gasteiger charge is -2.23. The van der Waals surface area contributed by atoms with E-state index in [2.05, 4.69) is 22.4 Å². The molecule has 0 radical (unpaired) electrons. The Balaban J connectivity index is 1.54. The summed E-state index contributed by atoms with van der Waals surface area (Å²) in [6.45, 7) is 7.28. The Labute approximate surface area is 167 Å². The summed E-state index contributed by atoms with van der Waals surface area (Å²) in [5, 5.41) is 12.2. The monoisotopic (exact) mass is 408 g/mol. The summed E-state index contributed by atoms with van der Waals surface area (Å²) in [6, 6.07) is 5.84. The predicted octanol–water partition coefficient (Wildman–Crippen LogP) is 3.27. The molecular formula is C18H24N4O3S2. The van der Waals surface area contributed by atoms with Crippen molar-refractivity contribution in [1.29, 1.82) is 0 Å². The van der Waals surface area contributed by atoms with E-state index < -0.39 is 0 Å². The van der Waals surface area contributed by atoms with Gasteiger partial charge in [-0.2, -0.15) is 0 Å². The summed E-state index contributed by atoms with van der Waals surface area (Å²) in [5.74, 6) is 1.94. The van der Waals surface area contributed by atoms with Crippen LogP contribution in [0.4, 0.5) is 5.13 Å². The van der Waals surface area contributed by atoms with E-state index in [1.807, 2.05) is 30.0 Å². The summed E-state index contributed by atoms with van der Waals surface area (Å²) in [5.41, 5.74) is 1.03. The first-order chi connectivity index (χ1) is 13.2. The van der Waals surface area contributed by atoms with Crippen LogP contribution in [0.15, 0.2) is 22.5 Å². The molecule has 0 bridgehead atoms. The van der Waals surface area contributed by atoms with Crippen LogP contribution in [0.3, 0.4) is 0 Å². The molecule has 27 heavy (non-hydrogen) atoms. The van der Waals surface area contributed by atoms with Crippen molar-refractivity contribution in [2.75, 3.05) is 37.4 Å². The number of thioether (sulfide) groups is 1. The summed E-state index contributed by atoms with van der Waals surface area (Å²) in [4.78, 5) is 14.4. The van der Waals surface area contributed by atoms with Crippen molar-refractivity contribution in [2.45, 2.75) is 31.2 Å². The zero-order valence-electron chi connectivity index (χ0n) is 15.6. The maximum atomic E-state index is 12.6. The summed E-state index contributed by atoms with van der Waals surface area (Å²) in [6.07, 6.45) is 1.03. The maximum absolute atomic E-state index is 12.6. The van der Waals surface area contributed by atoms with Gasteiger partial charge in [0, 0.05) is 19.6 Å². The number of aromatic nitrogens is 2. The molecule has 0 spiro atoms. The van der Waals surface area contributed by atoms with Gasteiger partial charge in [-0.3, -0.25) is 4.79 Å². The van der Waals surface area contributed by atoms with Gasteiger partial charge >= 0.3 is 0 Å². The van der Waals surface area contributed by atoms with Gasteiger partial charge in [0.05, 0.1) is 5.75 Å². The number of fused-ring (bicyclic) bond motifs is 1. The number of rotatable bonds is 9. The Morgan fingerprint density at radius 2 is 2.07 bits per heavy atom. The van der Waals surface area contributed by atoms with Gasteiger partial charge in [-0.15, -0.1) is 10.2 Å². The first-order valence-corrected chi connectivity index (χ1v) is 10.9. The Kier molecular flexibility index (Phi) is 7.17. The molecule has 0 unspecified atom stereocenters. The van der Waals surface area contributed by atoms with Gasteiger partial charge in [0.2, 0.25) is 11.0 Å². The summed E-state index contributed by atoms with van der Waals surface area (Å²) >= 11 is 2.91. The molecule has 1 N–H and O–H groups in total. The van der Waals surface area contributed by atoms with Gasteiger partial charge in [0.25, 0.3) is 0 Å². The third-order valence-corrected chi connectivity index (χ3v) is 5.97. The molecular weight excluding hydrogens is 384 g/mol. The van der Waals surface area contributed by atoms with Crippen molar-refractivity contribution in [3.05, 3.63) is 23.8 Å². The standard InChI is InChI=1S/C18H24N4O3S2/c1-3-7-19-17-20-21-18(27-17)26-12-16(23)22(4-2)11-13-5-6-14-15(10-13)25-9-8-24-14/h5-6,10H,3-4,7-9,11-12H2,1-2H3,(H,19,20). The van der Waals surface area contributed by atoms with E-state index in [-0.39, 0.29) is 5.91 Å². The lowest BCUT2D eigenvalue weighted by atomic mass is 10.2. The number of nitrogens with zero attached hydrogens (tertiary/aromatic N) is 3. The molecule has 9 heteroatoms. The lowest BCUT2D eigenvalue weighted by Crippen LogP contribution is -2.31. The normalized spacial score (nSPS) is 12.7. The number of hydrogen-bond acceptors (Lipinski definition) is 8. The fourth-order valence-electron chi connectivity index (χ4n) is 2.57.